The fourth-order valence-corrected chi connectivity index (χ4v) is 1.55. The summed E-state index contributed by atoms with van der Waals surface area (Å²) in [5.74, 6) is -2.80. The molecule has 3 nitrogen and oxygen atoms in total. The molecule has 1 fully saturated rings. The number of halogens is 2. The molecule has 1 aromatic rings. The van der Waals surface area contributed by atoms with Crippen molar-refractivity contribution in [1.82, 2.24) is 5.32 Å². The summed E-state index contributed by atoms with van der Waals surface area (Å²) in [6.07, 6.45) is 0.864. The highest BCUT2D eigenvalue weighted by Crippen LogP contribution is 2.23. The van der Waals surface area contributed by atoms with E-state index in [1.54, 1.807) is 0 Å². The summed E-state index contributed by atoms with van der Waals surface area (Å²) in [5, 5.41) is 2.78. The maximum atomic E-state index is 13.5. The summed E-state index contributed by atoms with van der Waals surface area (Å²) in [7, 11) is 0. The van der Waals surface area contributed by atoms with Crippen molar-refractivity contribution in [2.24, 2.45) is 0 Å². The lowest BCUT2D eigenvalue weighted by molar-refractivity contribution is 0.0465. The maximum Gasteiger partial charge on any atom is 0.340 e. The van der Waals surface area contributed by atoms with Crippen LogP contribution in [0.1, 0.15) is 21.5 Å². The van der Waals surface area contributed by atoms with E-state index in [4.69, 9.17) is 4.74 Å². The van der Waals surface area contributed by atoms with Crippen LogP contribution >= 0.6 is 0 Å². The zero-order valence-electron chi connectivity index (χ0n) is 9.72. The molecule has 0 spiro atoms. The highest BCUT2D eigenvalue weighted by molar-refractivity contribution is 5.92. The number of hydrogen-bond donors (Lipinski definition) is 1. The first-order valence-corrected chi connectivity index (χ1v) is 5.33. The number of carbonyl (C=O) groups excluding carboxylic acids is 1. The molecule has 2 rings (SSSR count). The molecule has 0 saturated carbocycles. The molecule has 1 aromatic carbocycles. The van der Waals surface area contributed by atoms with Crippen LogP contribution in [0.4, 0.5) is 8.78 Å². The van der Waals surface area contributed by atoms with Crippen LogP contribution in [0.3, 0.4) is 0 Å². The fraction of sp³-hybridized carbons (Fsp3) is 0.231. The highest BCUT2D eigenvalue weighted by atomic mass is 19.2. The normalized spacial score (nSPS) is 16.9. The minimum absolute atomic E-state index is 0.00380. The van der Waals surface area contributed by atoms with Crippen LogP contribution in [0.2, 0.25) is 0 Å². The highest BCUT2D eigenvalue weighted by Gasteiger charge is 2.27. The molecule has 1 N–H and O–H groups in total. The first-order chi connectivity index (χ1) is 8.54. The summed E-state index contributed by atoms with van der Waals surface area (Å²) in [6.45, 7) is 5.40. The van der Waals surface area contributed by atoms with E-state index in [0.29, 0.717) is 12.1 Å². The lowest BCUT2D eigenvalue weighted by Gasteiger charge is -2.09. The molecule has 5 heteroatoms. The van der Waals surface area contributed by atoms with Crippen LogP contribution < -0.4 is 5.32 Å². The Hall–Kier alpha value is -1.97. The Morgan fingerprint density at radius 2 is 2.33 bits per heavy atom. The predicted octanol–water partition coefficient (Wildman–Crippen LogP) is 2.16. The van der Waals surface area contributed by atoms with Crippen molar-refractivity contribution in [3.63, 3.8) is 0 Å². The zero-order chi connectivity index (χ0) is 13.3. The van der Waals surface area contributed by atoms with Crippen molar-refractivity contribution < 1.29 is 18.3 Å². The second-order valence-electron chi connectivity index (χ2n) is 3.91. The van der Waals surface area contributed by atoms with Gasteiger partial charge in [-0.3, -0.25) is 5.32 Å². The van der Waals surface area contributed by atoms with E-state index >= 15 is 0 Å². The largest absolute Gasteiger partial charge is 0.442 e. The number of benzene rings is 1. The number of ether oxygens (including phenoxy) is 1. The summed E-state index contributed by atoms with van der Waals surface area (Å²) in [6, 6.07) is 0.843. The minimum atomic E-state index is -1.10. The van der Waals surface area contributed by atoms with Crippen molar-refractivity contribution in [3.8, 4) is 0 Å². The Labute approximate surface area is 103 Å². The SMILES string of the molecule is C=C=Cc1c(C)c(C(=O)OC2CN2)cc(F)c1F. The molecule has 0 amide bonds. The predicted molar refractivity (Wildman–Crippen MR) is 61.9 cm³/mol. The van der Waals surface area contributed by atoms with Crippen LogP contribution in [-0.2, 0) is 4.74 Å². The van der Waals surface area contributed by atoms with Gasteiger partial charge in [0.1, 0.15) is 0 Å². The summed E-state index contributed by atoms with van der Waals surface area (Å²) >= 11 is 0. The van der Waals surface area contributed by atoms with Crippen LogP contribution in [-0.4, -0.2) is 18.7 Å². The molecule has 1 saturated heterocycles. The average Bonchev–Trinajstić information content (AvgIpc) is 3.13. The van der Waals surface area contributed by atoms with Crippen LogP contribution in [0.5, 0.6) is 0 Å². The molecule has 1 aliphatic rings. The van der Waals surface area contributed by atoms with Crippen molar-refractivity contribution >= 4 is 12.0 Å². The van der Waals surface area contributed by atoms with Gasteiger partial charge in [0.2, 0.25) is 0 Å². The molecule has 0 radical (unpaired) electrons. The molecule has 1 atom stereocenters. The second kappa shape index (κ2) is 4.72. The number of carbonyl (C=O) groups is 1. The molecule has 1 unspecified atom stereocenters. The summed E-state index contributed by atoms with van der Waals surface area (Å²) < 4.78 is 31.9. The molecule has 18 heavy (non-hydrogen) atoms. The molecule has 0 aromatic heterocycles. The number of hydrogen-bond acceptors (Lipinski definition) is 3. The van der Waals surface area contributed by atoms with Crippen molar-refractivity contribution in [2.45, 2.75) is 13.2 Å². The van der Waals surface area contributed by atoms with E-state index in [0.717, 1.165) is 6.07 Å². The van der Waals surface area contributed by atoms with Gasteiger partial charge in [-0.15, -0.1) is 5.73 Å². The Bertz CT molecular complexity index is 559. The van der Waals surface area contributed by atoms with E-state index in [9.17, 15) is 13.6 Å². The lowest BCUT2D eigenvalue weighted by Crippen LogP contribution is -2.13. The molecule has 1 aliphatic heterocycles. The van der Waals surface area contributed by atoms with E-state index in [-0.39, 0.29) is 17.4 Å². The van der Waals surface area contributed by atoms with Gasteiger partial charge in [0, 0.05) is 12.1 Å². The Balaban J connectivity index is 2.46. The first kappa shape index (κ1) is 12.5. The van der Waals surface area contributed by atoms with Gasteiger partial charge in [-0.05, 0) is 24.6 Å². The van der Waals surface area contributed by atoms with Crippen molar-refractivity contribution in [2.75, 3.05) is 6.54 Å². The third-order valence-corrected chi connectivity index (χ3v) is 2.61. The Morgan fingerprint density at radius 1 is 1.67 bits per heavy atom. The third-order valence-electron chi connectivity index (χ3n) is 2.61. The fourth-order valence-electron chi connectivity index (χ4n) is 1.55. The summed E-state index contributed by atoms with van der Waals surface area (Å²) in [4.78, 5) is 11.7. The molecular weight excluding hydrogens is 240 g/mol. The van der Waals surface area contributed by atoms with Crippen molar-refractivity contribution in [1.29, 1.82) is 0 Å². The van der Waals surface area contributed by atoms with Gasteiger partial charge in [-0.1, -0.05) is 6.58 Å². The monoisotopic (exact) mass is 251 g/mol. The number of esters is 1. The quantitative estimate of drug-likeness (QED) is 0.508. The average molecular weight is 251 g/mol. The Morgan fingerprint density at radius 3 is 2.89 bits per heavy atom. The third kappa shape index (κ3) is 2.32. The molecule has 1 heterocycles. The number of nitrogens with one attached hydrogen (secondary N) is 1. The lowest BCUT2D eigenvalue weighted by atomic mass is 10.0. The van der Waals surface area contributed by atoms with Crippen LogP contribution in [0.15, 0.2) is 18.4 Å². The minimum Gasteiger partial charge on any atom is -0.442 e. The smallest absolute Gasteiger partial charge is 0.340 e. The summed E-state index contributed by atoms with van der Waals surface area (Å²) in [5.41, 5.74) is 2.63. The van der Waals surface area contributed by atoms with Gasteiger partial charge in [0.25, 0.3) is 0 Å². The van der Waals surface area contributed by atoms with Gasteiger partial charge < -0.3 is 4.74 Å². The molecular formula is C13H11F2NO2. The van der Waals surface area contributed by atoms with Gasteiger partial charge in [-0.25, -0.2) is 13.6 Å². The van der Waals surface area contributed by atoms with E-state index < -0.39 is 17.6 Å². The second-order valence-corrected chi connectivity index (χ2v) is 3.91. The number of rotatable bonds is 3. The van der Waals surface area contributed by atoms with Crippen LogP contribution in [0, 0.1) is 18.6 Å². The molecule has 94 valence electrons. The molecule has 0 aliphatic carbocycles. The van der Waals surface area contributed by atoms with Crippen LogP contribution in [0.25, 0.3) is 6.08 Å². The van der Waals surface area contributed by atoms with Gasteiger partial charge in [0.05, 0.1) is 5.56 Å². The van der Waals surface area contributed by atoms with Gasteiger partial charge in [0.15, 0.2) is 17.9 Å². The first-order valence-electron chi connectivity index (χ1n) is 5.33. The molecule has 0 bridgehead atoms. The van der Waals surface area contributed by atoms with Crippen molar-refractivity contribution in [3.05, 3.63) is 46.7 Å². The van der Waals surface area contributed by atoms with Gasteiger partial charge >= 0.3 is 5.97 Å². The topological polar surface area (TPSA) is 48.2 Å². The Kier molecular flexibility index (Phi) is 3.28. The standard InChI is InChI=1S/C13H11F2NO2/c1-3-4-8-7(2)9(5-10(14)12(8)15)13(17)18-11-6-16-11/h4-5,11,16H,1,6H2,2H3. The maximum absolute atomic E-state index is 13.5. The van der Waals surface area contributed by atoms with Gasteiger partial charge in [-0.2, -0.15) is 0 Å². The van der Waals surface area contributed by atoms with E-state index in [2.05, 4.69) is 17.6 Å². The van der Waals surface area contributed by atoms with E-state index in [1.807, 2.05) is 0 Å². The zero-order valence-corrected chi connectivity index (χ0v) is 9.72. The van der Waals surface area contributed by atoms with E-state index in [1.165, 1.54) is 13.0 Å².